The number of fused-ring (bicyclic) bond motifs is 1. The minimum Gasteiger partial charge on any atom is -0.308 e. The Bertz CT molecular complexity index is 823. The van der Waals surface area contributed by atoms with Gasteiger partial charge in [-0.25, -0.2) is 0 Å². The molecule has 0 aromatic heterocycles. The van der Waals surface area contributed by atoms with Gasteiger partial charge in [0.05, 0.1) is 16.3 Å². The molecule has 110 valence electrons. The van der Waals surface area contributed by atoms with Gasteiger partial charge in [-0.1, -0.05) is 60.1 Å². The van der Waals surface area contributed by atoms with Gasteiger partial charge in [-0.15, -0.1) is 0 Å². The average Bonchev–Trinajstić information content (AvgIpc) is 2.56. The molecule has 22 heavy (non-hydrogen) atoms. The molecule has 0 heterocycles. The van der Waals surface area contributed by atoms with Crippen molar-refractivity contribution >= 4 is 34.0 Å². The SMILES string of the molecule is CCN(C(=O)c1ccccc1Cl)c1cccc2ccccc12. The molecule has 3 aromatic carbocycles. The molecule has 0 fully saturated rings. The van der Waals surface area contributed by atoms with Crippen molar-refractivity contribution in [3.05, 3.63) is 77.3 Å². The van der Waals surface area contributed by atoms with E-state index < -0.39 is 0 Å². The first-order valence-corrected chi connectivity index (χ1v) is 7.64. The third-order valence-corrected chi connectivity index (χ3v) is 4.05. The molecule has 0 aliphatic rings. The first-order valence-electron chi connectivity index (χ1n) is 7.26. The monoisotopic (exact) mass is 309 g/mol. The van der Waals surface area contributed by atoms with Crippen molar-refractivity contribution in [2.24, 2.45) is 0 Å². The maximum absolute atomic E-state index is 12.9. The van der Waals surface area contributed by atoms with Crippen LogP contribution in [0.4, 0.5) is 5.69 Å². The van der Waals surface area contributed by atoms with Crippen LogP contribution in [0.15, 0.2) is 66.7 Å². The molecule has 0 bridgehead atoms. The van der Waals surface area contributed by atoms with Gasteiger partial charge in [0.25, 0.3) is 5.91 Å². The zero-order chi connectivity index (χ0) is 15.5. The predicted octanol–water partition coefficient (Wildman–Crippen LogP) is 5.16. The Morgan fingerprint density at radius 2 is 1.64 bits per heavy atom. The van der Waals surface area contributed by atoms with E-state index in [-0.39, 0.29) is 5.91 Å². The normalized spacial score (nSPS) is 10.6. The first-order chi connectivity index (χ1) is 10.7. The molecule has 0 atom stereocenters. The van der Waals surface area contributed by atoms with Gasteiger partial charge in [-0.05, 0) is 30.5 Å². The van der Waals surface area contributed by atoms with E-state index in [1.165, 1.54) is 0 Å². The molecule has 3 aromatic rings. The molecular weight excluding hydrogens is 294 g/mol. The van der Waals surface area contributed by atoms with Crippen LogP contribution in [-0.4, -0.2) is 12.5 Å². The van der Waals surface area contributed by atoms with E-state index in [1.54, 1.807) is 17.0 Å². The number of amides is 1. The molecule has 0 spiro atoms. The number of halogens is 1. The number of hydrogen-bond donors (Lipinski definition) is 0. The number of hydrogen-bond acceptors (Lipinski definition) is 1. The van der Waals surface area contributed by atoms with Gasteiger partial charge in [0.15, 0.2) is 0 Å². The van der Waals surface area contributed by atoms with E-state index in [9.17, 15) is 4.79 Å². The molecule has 0 radical (unpaired) electrons. The van der Waals surface area contributed by atoms with Gasteiger partial charge >= 0.3 is 0 Å². The summed E-state index contributed by atoms with van der Waals surface area (Å²) in [5.74, 6) is -0.0792. The minimum absolute atomic E-state index is 0.0792. The summed E-state index contributed by atoms with van der Waals surface area (Å²) in [5.41, 5.74) is 1.43. The van der Waals surface area contributed by atoms with Crippen LogP contribution in [0.1, 0.15) is 17.3 Å². The lowest BCUT2D eigenvalue weighted by molar-refractivity contribution is 0.0988. The molecule has 0 aliphatic heterocycles. The Balaban J connectivity index is 2.11. The number of benzene rings is 3. The van der Waals surface area contributed by atoms with E-state index in [0.29, 0.717) is 17.1 Å². The van der Waals surface area contributed by atoms with Gasteiger partial charge in [0.1, 0.15) is 0 Å². The third kappa shape index (κ3) is 2.58. The fourth-order valence-corrected chi connectivity index (χ4v) is 2.86. The van der Waals surface area contributed by atoms with Crippen LogP contribution in [0, 0.1) is 0 Å². The van der Waals surface area contributed by atoms with Crippen molar-refractivity contribution in [3.63, 3.8) is 0 Å². The van der Waals surface area contributed by atoms with Crippen molar-refractivity contribution in [2.45, 2.75) is 6.92 Å². The molecule has 1 amide bonds. The van der Waals surface area contributed by atoms with Crippen molar-refractivity contribution < 1.29 is 4.79 Å². The summed E-state index contributed by atoms with van der Waals surface area (Å²) in [7, 11) is 0. The summed E-state index contributed by atoms with van der Waals surface area (Å²) in [6.45, 7) is 2.55. The molecule has 3 rings (SSSR count). The molecule has 2 nitrogen and oxygen atoms in total. The van der Waals surface area contributed by atoms with Crippen LogP contribution in [0.5, 0.6) is 0 Å². The molecule has 0 saturated heterocycles. The Morgan fingerprint density at radius 1 is 0.955 bits per heavy atom. The summed E-state index contributed by atoms with van der Waals surface area (Å²) in [6.07, 6.45) is 0. The summed E-state index contributed by atoms with van der Waals surface area (Å²) in [4.78, 5) is 14.6. The van der Waals surface area contributed by atoms with Crippen LogP contribution in [0.2, 0.25) is 5.02 Å². The van der Waals surface area contributed by atoms with Gasteiger partial charge in [-0.2, -0.15) is 0 Å². The highest BCUT2D eigenvalue weighted by Gasteiger charge is 2.19. The molecule has 0 aliphatic carbocycles. The van der Waals surface area contributed by atoms with E-state index >= 15 is 0 Å². The van der Waals surface area contributed by atoms with Crippen molar-refractivity contribution in [1.82, 2.24) is 0 Å². The van der Waals surface area contributed by atoms with Crippen LogP contribution in [0.3, 0.4) is 0 Å². The van der Waals surface area contributed by atoms with E-state index in [4.69, 9.17) is 11.6 Å². The number of nitrogens with zero attached hydrogens (tertiary/aromatic N) is 1. The second-order valence-corrected chi connectivity index (χ2v) is 5.43. The number of rotatable bonds is 3. The lowest BCUT2D eigenvalue weighted by atomic mass is 10.1. The Kier molecular flexibility index (Phi) is 4.12. The predicted molar refractivity (Wildman–Crippen MR) is 92.8 cm³/mol. The Labute approximate surface area is 134 Å². The highest BCUT2D eigenvalue weighted by Crippen LogP contribution is 2.29. The molecular formula is C19H16ClNO. The fraction of sp³-hybridized carbons (Fsp3) is 0.105. The highest BCUT2D eigenvalue weighted by atomic mass is 35.5. The van der Waals surface area contributed by atoms with Gasteiger partial charge < -0.3 is 4.90 Å². The zero-order valence-electron chi connectivity index (χ0n) is 12.3. The second kappa shape index (κ2) is 6.20. The summed E-state index contributed by atoms with van der Waals surface area (Å²) in [5, 5.41) is 2.66. The highest BCUT2D eigenvalue weighted by molar-refractivity contribution is 6.34. The summed E-state index contributed by atoms with van der Waals surface area (Å²) >= 11 is 6.18. The molecule has 3 heteroatoms. The maximum Gasteiger partial charge on any atom is 0.259 e. The quantitative estimate of drug-likeness (QED) is 0.654. The van der Waals surface area contributed by atoms with Gasteiger partial charge in [0, 0.05) is 11.9 Å². The van der Waals surface area contributed by atoms with Crippen LogP contribution >= 0.6 is 11.6 Å². The topological polar surface area (TPSA) is 20.3 Å². The largest absolute Gasteiger partial charge is 0.308 e. The molecule has 0 unspecified atom stereocenters. The number of anilines is 1. The van der Waals surface area contributed by atoms with Crippen molar-refractivity contribution in [1.29, 1.82) is 0 Å². The third-order valence-electron chi connectivity index (χ3n) is 3.72. The second-order valence-electron chi connectivity index (χ2n) is 5.03. The van der Waals surface area contributed by atoms with Gasteiger partial charge in [-0.3, -0.25) is 4.79 Å². The Hall–Kier alpha value is -2.32. The smallest absolute Gasteiger partial charge is 0.259 e. The van der Waals surface area contributed by atoms with E-state index in [1.807, 2.05) is 61.5 Å². The lowest BCUT2D eigenvalue weighted by Gasteiger charge is -2.23. The lowest BCUT2D eigenvalue weighted by Crippen LogP contribution is -2.31. The van der Waals surface area contributed by atoms with Crippen LogP contribution in [0.25, 0.3) is 10.8 Å². The average molecular weight is 310 g/mol. The number of carbonyl (C=O) groups excluding carboxylic acids is 1. The van der Waals surface area contributed by atoms with Crippen molar-refractivity contribution in [2.75, 3.05) is 11.4 Å². The first kappa shape index (κ1) is 14.6. The summed E-state index contributed by atoms with van der Waals surface area (Å²) < 4.78 is 0. The maximum atomic E-state index is 12.9. The standard InChI is InChI=1S/C19H16ClNO/c1-2-21(19(22)16-11-5-6-12-17(16)20)18-13-7-9-14-8-3-4-10-15(14)18/h3-13H,2H2,1H3. The number of carbonyl (C=O) groups is 1. The molecule has 0 saturated carbocycles. The zero-order valence-corrected chi connectivity index (χ0v) is 13.0. The Morgan fingerprint density at radius 3 is 2.41 bits per heavy atom. The summed E-state index contributed by atoms with van der Waals surface area (Å²) in [6, 6.07) is 21.2. The van der Waals surface area contributed by atoms with Crippen LogP contribution < -0.4 is 4.90 Å². The fourth-order valence-electron chi connectivity index (χ4n) is 2.65. The molecule has 0 N–H and O–H groups in total. The minimum atomic E-state index is -0.0792. The van der Waals surface area contributed by atoms with E-state index in [0.717, 1.165) is 16.5 Å². The van der Waals surface area contributed by atoms with E-state index in [2.05, 4.69) is 0 Å². The van der Waals surface area contributed by atoms with Crippen molar-refractivity contribution in [3.8, 4) is 0 Å². The van der Waals surface area contributed by atoms with Gasteiger partial charge in [0.2, 0.25) is 0 Å². The van der Waals surface area contributed by atoms with Crippen LogP contribution in [-0.2, 0) is 0 Å².